The number of nitrogens with zero attached hydrogens (tertiary/aromatic N) is 2. The SMILES string of the molecule is N#Cc1ccnc(SCCOc2ccccc2F)c1. The Hall–Kier alpha value is -2.06. The fourth-order valence-corrected chi connectivity index (χ4v) is 2.14. The summed E-state index contributed by atoms with van der Waals surface area (Å²) in [5.41, 5.74) is 0.576. The van der Waals surface area contributed by atoms with Gasteiger partial charge in [-0.15, -0.1) is 11.8 Å². The van der Waals surface area contributed by atoms with Crippen LogP contribution < -0.4 is 4.74 Å². The number of pyridine rings is 1. The second kappa shape index (κ2) is 6.76. The molecule has 0 saturated carbocycles. The molecule has 0 unspecified atom stereocenters. The zero-order valence-electron chi connectivity index (χ0n) is 10.0. The van der Waals surface area contributed by atoms with E-state index in [-0.39, 0.29) is 11.6 Å². The van der Waals surface area contributed by atoms with E-state index in [0.29, 0.717) is 17.9 Å². The molecule has 1 heterocycles. The van der Waals surface area contributed by atoms with Crippen LogP contribution in [0.1, 0.15) is 5.56 Å². The average molecular weight is 274 g/mol. The summed E-state index contributed by atoms with van der Waals surface area (Å²) in [5, 5.41) is 9.52. The molecule has 1 aromatic heterocycles. The Balaban J connectivity index is 1.81. The van der Waals surface area contributed by atoms with Crippen LogP contribution in [0.3, 0.4) is 0 Å². The van der Waals surface area contributed by atoms with Crippen LogP contribution in [0.25, 0.3) is 0 Å². The van der Waals surface area contributed by atoms with E-state index in [4.69, 9.17) is 10.00 Å². The van der Waals surface area contributed by atoms with E-state index in [2.05, 4.69) is 11.1 Å². The Morgan fingerprint density at radius 1 is 1.32 bits per heavy atom. The first kappa shape index (κ1) is 13.4. The maximum Gasteiger partial charge on any atom is 0.165 e. The number of ether oxygens (including phenoxy) is 1. The minimum Gasteiger partial charge on any atom is -0.490 e. The molecule has 0 spiro atoms. The molecular weight excluding hydrogens is 263 g/mol. The second-order valence-corrected chi connectivity index (χ2v) is 4.74. The lowest BCUT2D eigenvalue weighted by atomic mass is 10.3. The van der Waals surface area contributed by atoms with Gasteiger partial charge in [0.25, 0.3) is 0 Å². The first-order valence-corrected chi connectivity index (χ1v) is 6.64. The van der Waals surface area contributed by atoms with Crippen molar-refractivity contribution in [2.75, 3.05) is 12.4 Å². The van der Waals surface area contributed by atoms with Crippen LogP contribution in [0.15, 0.2) is 47.6 Å². The zero-order valence-corrected chi connectivity index (χ0v) is 10.9. The summed E-state index contributed by atoms with van der Waals surface area (Å²) in [6, 6.07) is 11.7. The normalized spacial score (nSPS) is 9.89. The number of thioether (sulfide) groups is 1. The van der Waals surface area contributed by atoms with Gasteiger partial charge in [0.05, 0.1) is 23.3 Å². The van der Waals surface area contributed by atoms with Crippen LogP contribution >= 0.6 is 11.8 Å². The van der Waals surface area contributed by atoms with Gasteiger partial charge in [0, 0.05) is 11.9 Å². The van der Waals surface area contributed by atoms with E-state index < -0.39 is 0 Å². The van der Waals surface area contributed by atoms with Crippen LogP contribution in [-0.2, 0) is 0 Å². The predicted octanol–water partition coefficient (Wildman–Crippen LogP) is 3.26. The molecule has 19 heavy (non-hydrogen) atoms. The molecule has 0 saturated heterocycles. The third-order valence-corrected chi connectivity index (χ3v) is 3.18. The summed E-state index contributed by atoms with van der Waals surface area (Å²) < 4.78 is 18.6. The Bertz CT molecular complexity index is 598. The third-order valence-electron chi connectivity index (χ3n) is 2.29. The fraction of sp³-hybridized carbons (Fsp3) is 0.143. The van der Waals surface area contributed by atoms with Crippen molar-refractivity contribution < 1.29 is 9.13 Å². The van der Waals surface area contributed by atoms with Gasteiger partial charge in [-0.25, -0.2) is 9.37 Å². The van der Waals surface area contributed by atoms with Gasteiger partial charge in [-0.05, 0) is 24.3 Å². The summed E-state index contributed by atoms with van der Waals surface area (Å²) in [6.07, 6.45) is 1.60. The molecule has 0 bridgehead atoms. The van der Waals surface area contributed by atoms with E-state index >= 15 is 0 Å². The van der Waals surface area contributed by atoms with Gasteiger partial charge < -0.3 is 4.74 Å². The number of hydrogen-bond donors (Lipinski definition) is 0. The molecule has 96 valence electrons. The first-order valence-electron chi connectivity index (χ1n) is 5.66. The van der Waals surface area contributed by atoms with Crippen LogP contribution in [0.5, 0.6) is 5.75 Å². The van der Waals surface area contributed by atoms with Gasteiger partial charge >= 0.3 is 0 Å². The minimum atomic E-state index is -0.364. The minimum absolute atomic E-state index is 0.252. The Labute approximate surface area is 115 Å². The quantitative estimate of drug-likeness (QED) is 0.620. The molecule has 0 fully saturated rings. The molecule has 0 aliphatic rings. The smallest absolute Gasteiger partial charge is 0.165 e. The summed E-state index contributed by atoms with van der Waals surface area (Å²) in [7, 11) is 0. The van der Waals surface area contributed by atoms with Crippen LogP contribution in [-0.4, -0.2) is 17.3 Å². The highest BCUT2D eigenvalue weighted by Crippen LogP contribution is 2.18. The van der Waals surface area contributed by atoms with Crippen LogP contribution in [0.2, 0.25) is 0 Å². The van der Waals surface area contributed by atoms with Gasteiger partial charge in [0.2, 0.25) is 0 Å². The lowest BCUT2D eigenvalue weighted by molar-refractivity contribution is 0.325. The molecular formula is C14H11FN2OS. The summed E-state index contributed by atoms with van der Waals surface area (Å²) in [6.45, 7) is 0.379. The van der Waals surface area contributed by atoms with Gasteiger partial charge in [-0.1, -0.05) is 12.1 Å². The van der Waals surface area contributed by atoms with Crippen molar-refractivity contribution in [1.82, 2.24) is 4.98 Å². The maximum atomic E-state index is 13.3. The van der Waals surface area contributed by atoms with E-state index in [1.807, 2.05) is 0 Å². The topological polar surface area (TPSA) is 45.9 Å². The molecule has 0 aliphatic carbocycles. The van der Waals surface area contributed by atoms with Crippen molar-refractivity contribution in [2.24, 2.45) is 0 Å². The number of hydrogen-bond acceptors (Lipinski definition) is 4. The van der Waals surface area contributed by atoms with Crippen molar-refractivity contribution in [3.8, 4) is 11.8 Å². The molecule has 0 atom stereocenters. The molecule has 5 heteroatoms. The maximum absolute atomic E-state index is 13.3. The summed E-state index contributed by atoms with van der Waals surface area (Å²) in [5.74, 6) is 0.523. The standard InChI is InChI=1S/C14H11FN2OS/c15-12-3-1-2-4-13(12)18-7-8-19-14-9-11(10-16)5-6-17-14/h1-6,9H,7-8H2. The van der Waals surface area contributed by atoms with Crippen LogP contribution in [0, 0.1) is 17.1 Å². The molecule has 0 N–H and O–H groups in total. The molecule has 0 radical (unpaired) electrons. The predicted molar refractivity (Wildman–Crippen MR) is 71.6 cm³/mol. The monoisotopic (exact) mass is 274 g/mol. The summed E-state index contributed by atoms with van der Waals surface area (Å²) >= 11 is 1.47. The van der Waals surface area contributed by atoms with Crippen molar-refractivity contribution in [2.45, 2.75) is 5.03 Å². The van der Waals surface area contributed by atoms with Gasteiger partial charge in [-0.2, -0.15) is 5.26 Å². The molecule has 3 nitrogen and oxygen atoms in total. The van der Waals surface area contributed by atoms with Crippen molar-refractivity contribution in [3.05, 3.63) is 54.0 Å². The van der Waals surface area contributed by atoms with Gasteiger partial charge in [0.15, 0.2) is 11.6 Å². The number of benzene rings is 1. The Morgan fingerprint density at radius 3 is 2.95 bits per heavy atom. The lowest BCUT2D eigenvalue weighted by Gasteiger charge is -2.06. The highest BCUT2D eigenvalue weighted by Gasteiger charge is 2.02. The largest absolute Gasteiger partial charge is 0.490 e. The van der Waals surface area contributed by atoms with E-state index in [1.165, 1.54) is 17.8 Å². The number of halogens is 1. The van der Waals surface area contributed by atoms with Gasteiger partial charge in [-0.3, -0.25) is 0 Å². The van der Waals surface area contributed by atoms with Crippen molar-refractivity contribution >= 4 is 11.8 Å². The number of aromatic nitrogens is 1. The van der Waals surface area contributed by atoms with E-state index in [0.717, 1.165) is 5.03 Å². The Kier molecular flexibility index (Phi) is 4.76. The average Bonchev–Trinajstić information content (AvgIpc) is 2.45. The zero-order chi connectivity index (χ0) is 13.5. The lowest BCUT2D eigenvalue weighted by Crippen LogP contribution is -2.01. The fourth-order valence-electron chi connectivity index (χ4n) is 1.42. The molecule has 0 aliphatic heterocycles. The number of nitriles is 1. The highest BCUT2D eigenvalue weighted by atomic mass is 32.2. The van der Waals surface area contributed by atoms with Crippen LogP contribution in [0.4, 0.5) is 4.39 Å². The highest BCUT2D eigenvalue weighted by molar-refractivity contribution is 7.99. The first-order chi connectivity index (χ1) is 9.29. The second-order valence-electron chi connectivity index (χ2n) is 3.62. The molecule has 2 rings (SSSR count). The molecule has 2 aromatic rings. The van der Waals surface area contributed by atoms with Gasteiger partial charge in [0.1, 0.15) is 0 Å². The Morgan fingerprint density at radius 2 is 2.16 bits per heavy atom. The van der Waals surface area contributed by atoms with E-state index in [1.54, 1.807) is 36.5 Å². The van der Waals surface area contributed by atoms with Crippen molar-refractivity contribution in [1.29, 1.82) is 5.26 Å². The van der Waals surface area contributed by atoms with E-state index in [9.17, 15) is 4.39 Å². The van der Waals surface area contributed by atoms with Crippen molar-refractivity contribution in [3.63, 3.8) is 0 Å². The number of rotatable bonds is 5. The summed E-state index contributed by atoms with van der Waals surface area (Å²) in [4.78, 5) is 4.13. The third kappa shape index (κ3) is 3.97. The number of para-hydroxylation sites is 1. The molecule has 0 amide bonds. The molecule has 1 aromatic carbocycles.